The van der Waals surface area contributed by atoms with Crippen LogP contribution in [0.25, 0.3) is 0 Å². The van der Waals surface area contributed by atoms with Gasteiger partial charge in [0.05, 0.1) is 21.0 Å². The zero-order valence-electron chi connectivity index (χ0n) is 10.6. The average Bonchev–Trinajstić information content (AvgIpc) is 2.30. The molecule has 0 unspecified atom stereocenters. The molecule has 0 saturated carbocycles. The predicted octanol–water partition coefficient (Wildman–Crippen LogP) is 1.82. The SMILES string of the molecule is CC(C)(CNC(=O)c1cc(N)cc(Cl)c1Cl)C(N)=O. The molecule has 0 aliphatic rings. The highest BCUT2D eigenvalue weighted by Gasteiger charge is 2.26. The van der Waals surface area contributed by atoms with E-state index in [4.69, 9.17) is 34.7 Å². The Bertz CT molecular complexity index is 530. The standard InChI is InChI=1S/C12H15Cl2N3O2/c1-12(2,11(16)19)5-17-10(18)7-3-6(15)4-8(13)9(7)14/h3-4H,5,15H2,1-2H3,(H2,16,19)(H,17,18). The third-order valence-electron chi connectivity index (χ3n) is 2.65. The number of nitrogens with two attached hydrogens (primary N) is 2. The molecule has 7 heteroatoms. The van der Waals surface area contributed by atoms with E-state index in [1.165, 1.54) is 12.1 Å². The molecule has 104 valence electrons. The van der Waals surface area contributed by atoms with Crippen LogP contribution in [0.1, 0.15) is 24.2 Å². The van der Waals surface area contributed by atoms with Gasteiger partial charge in [-0.15, -0.1) is 0 Å². The smallest absolute Gasteiger partial charge is 0.252 e. The largest absolute Gasteiger partial charge is 0.399 e. The molecule has 1 aromatic rings. The second-order valence-corrected chi connectivity index (χ2v) is 5.58. The lowest BCUT2D eigenvalue weighted by atomic mass is 9.92. The van der Waals surface area contributed by atoms with Gasteiger partial charge in [-0.3, -0.25) is 9.59 Å². The molecule has 0 saturated heterocycles. The maximum absolute atomic E-state index is 12.0. The topological polar surface area (TPSA) is 98.2 Å². The quantitative estimate of drug-likeness (QED) is 0.740. The molecule has 0 aliphatic heterocycles. The Morgan fingerprint density at radius 3 is 2.42 bits per heavy atom. The Kier molecular flexibility index (Phi) is 4.66. The van der Waals surface area contributed by atoms with E-state index in [0.717, 1.165) is 0 Å². The first kappa shape index (κ1) is 15.6. The summed E-state index contributed by atoms with van der Waals surface area (Å²) in [5.41, 5.74) is 10.4. The highest BCUT2D eigenvalue weighted by atomic mass is 35.5. The minimum Gasteiger partial charge on any atom is -0.399 e. The predicted molar refractivity (Wildman–Crippen MR) is 76.2 cm³/mol. The second kappa shape index (κ2) is 5.67. The molecule has 0 spiro atoms. The highest BCUT2D eigenvalue weighted by molar-refractivity contribution is 6.44. The van der Waals surface area contributed by atoms with Crippen LogP contribution in [0.15, 0.2) is 12.1 Å². The van der Waals surface area contributed by atoms with Crippen molar-refractivity contribution in [3.63, 3.8) is 0 Å². The molecule has 0 radical (unpaired) electrons. The van der Waals surface area contributed by atoms with E-state index < -0.39 is 17.2 Å². The van der Waals surface area contributed by atoms with Crippen molar-refractivity contribution in [3.05, 3.63) is 27.7 Å². The van der Waals surface area contributed by atoms with Gasteiger partial charge < -0.3 is 16.8 Å². The van der Waals surface area contributed by atoms with Gasteiger partial charge >= 0.3 is 0 Å². The third-order valence-corrected chi connectivity index (χ3v) is 3.46. The van der Waals surface area contributed by atoms with Crippen LogP contribution < -0.4 is 16.8 Å². The van der Waals surface area contributed by atoms with Gasteiger partial charge in [0.25, 0.3) is 5.91 Å². The van der Waals surface area contributed by atoms with Crippen molar-refractivity contribution in [2.75, 3.05) is 12.3 Å². The maximum atomic E-state index is 12.0. The fourth-order valence-electron chi connectivity index (χ4n) is 1.26. The van der Waals surface area contributed by atoms with Crippen molar-refractivity contribution >= 4 is 40.7 Å². The van der Waals surface area contributed by atoms with Crippen molar-refractivity contribution in [3.8, 4) is 0 Å². The van der Waals surface area contributed by atoms with Gasteiger partial charge in [0.2, 0.25) is 5.91 Å². The Morgan fingerprint density at radius 2 is 1.89 bits per heavy atom. The molecule has 0 fully saturated rings. The van der Waals surface area contributed by atoms with Crippen LogP contribution in [0.3, 0.4) is 0 Å². The van der Waals surface area contributed by atoms with Crippen LogP contribution in [-0.2, 0) is 4.79 Å². The summed E-state index contributed by atoms with van der Waals surface area (Å²) in [6.07, 6.45) is 0. The van der Waals surface area contributed by atoms with E-state index in [2.05, 4.69) is 5.32 Å². The monoisotopic (exact) mass is 303 g/mol. The number of carbonyl (C=O) groups is 2. The molecule has 0 aliphatic carbocycles. The summed E-state index contributed by atoms with van der Waals surface area (Å²) in [5, 5.41) is 2.89. The van der Waals surface area contributed by atoms with Crippen molar-refractivity contribution in [1.29, 1.82) is 0 Å². The van der Waals surface area contributed by atoms with Gasteiger partial charge in [0.1, 0.15) is 0 Å². The van der Waals surface area contributed by atoms with Crippen LogP contribution in [0.5, 0.6) is 0 Å². The Hall–Kier alpha value is -1.46. The summed E-state index contributed by atoms with van der Waals surface area (Å²) < 4.78 is 0. The summed E-state index contributed by atoms with van der Waals surface area (Å²) in [4.78, 5) is 23.1. The van der Waals surface area contributed by atoms with Gasteiger partial charge in [-0.25, -0.2) is 0 Å². The molecular formula is C12H15Cl2N3O2. The Labute approximate surface area is 121 Å². The van der Waals surface area contributed by atoms with Crippen LogP contribution in [-0.4, -0.2) is 18.4 Å². The van der Waals surface area contributed by atoms with Crippen LogP contribution in [0.2, 0.25) is 10.0 Å². The fourth-order valence-corrected chi connectivity index (χ4v) is 1.68. The number of amides is 2. The first-order chi connectivity index (χ1) is 8.65. The molecule has 5 N–H and O–H groups in total. The van der Waals surface area contributed by atoms with Gasteiger partial charge in [0.15, 0.2) is 0 Å². The number of anilines is 1. The molecule has 0 bridgehead atoms. The summed E-state index contributed by atoms with van der Waals surface area (Å²) in [6, 6.07) is 2.87. The van der Waals surface area contributed by atoms with Crippen molar-refractivity contribution in [2.45, 2.75) is 13.8 Å². The van der Waals surface area contributed by atoms with Gasteiger partial charge in [-0.2, -0.15) is 0 Å². The minimum atomic E-state index is -0.855. The van der Waals surface area contributed by atoms with Crippen molar-refractivity contribution in [2.24, 2.45) is 11.1 Å². The number of benzene rings is 1. The zero-order valence-corrected chi connectivity index (χ0v) is 12.1. The maximum Gasteiger partial charge on any atom is 0.252 e. The normalized spacial score (nSPS) is 11.2. The number of nitrogens with one attached hydrogen (secondary N) is 1. The molecule has 1 aromatic carbocycles. The molecule has 0 aromatic heterocycles. The van der Waals surface area contributed by atoms with E-state index in [9.17, 15) is 9.59 Å². The first-order valence-corrected chi connectivity index (χ1v) is 6.23. The molecule has 0 atom stereocenters. The van der Waals surface area contributed by atoms with Crippen LogP contribution in [0, 0.1) is 5.41 Å². The Morgan fingerprint density at radius 1 is 1.32 bits per heavy atom. The fraction of sp³-hybridized carbons (Fsp3) is 0.333. The average molecular weight is 304 g/mol. The summed E-state index contributed by atoms with van der Waals surface area (Å²) >= 11 is 11.8. The van der Waals surface area contributed by atoms with Crippen molar-refractivity contribution < 1.29 is 9.59 Å². The lowest BCUT2D eigenvalue weighted by Gasteiger charge is -2.21. The molecule has 5 nitrogen and oxygen atoms in total. The van der Waals surface area contributed by atoms with E-state index >= 15 is 0 Å². The molecule has 19 heavy (non-hydrogen) atoms. The molecule has 0 heterocycles. The number of hydrogen-bond acceptors (Lipinski definition) is 3. The number of hydrogen-bond donors (Lipinski definition) is 3. The van der Waals surface area contributed by atoms with Gasteiger partial charge in [0, 0.05) is 12.2 Å². The van der Waals surface area contributed by atoms with Gasteiger partial charge in [-0.1, -0.05) is 23.2 Å². The lowest BCUT2D eigenvalue weighted by molar-refractivity contribution is -0.125. The van der Waals surface area contributed by atoms with Gasteiger partial charge in [-0.05, 0) is 26.0 Å². The third kappa shape index (κ3) is 3.75. The highest BCUT2D eigenvalue weighted by Crippen LogP contribution is 2.28. The Balaban J connectivity index is 2.88. The van der Waals surface area contributed by atoms with Crippen LogP contribution in [0.4, 0.5) is 5.69 Å². The number of halogens is 2. The number of nitrogen functional groups attached to an aromatic ring is 1. The van der Waals surface area contributed by atoms with Crippen molar-refractivity contribution in [1.82, 2.24) is 5.32 Å². The number of carbonyl (C=O) groups excluding carboxylic acids is 2. The second-order valence-electron chi connectivity index (χ2n) is 4.80. The number of rotatable bonds is 4. The molecular weight excluding hydrogens is 289 g/mol. The lowest BCUT2D eigenvalue weighted by Crippen LogP contribution is -2.42. The molecule has 2 amide bonds. The van der Waals surface area contributed by atoms with Crippen LogP contribution >= 0.6 is 23.2 Å². The van der Waals surface area contributed by atoms with E-state index in [-0.39, 0.29) is 22.2 Å². The minimum absolute atomic E-state index is 0.0872. The summed E-state index contributed by atoms with van der Waals surface area (Å²) in [5.74, 6) is -0.974. The summed E-state index contributed by atoms with van der Waals surface area (Å²) in [7, 11) is 0. The van der Waals surface area contributed by atoms with E-state index in [1.807, 2.05) is 0 Å². The molecule has 1 rings (SSSR count). The summed E-state index contributed by atoms with van der Waals surface area (Å²) in [6.45, 7) is 3.34. The first-order valence-electron chi connectivity index (χ1n) is 5.48. The zero-order chi connectivity index (χ0) is 14.8. The number of primary amides is 1. The van der Waals surface area contributed by atoms with E-state index in [0.29, 0.717) is 5.69 Å². The van der Waals surface area contributed by atoms with E-state index in [1.54, 1.807) is 13.8 Å².